The number of hydrogen-bond donors (Lipinski definition) is 3. The van der Waals surface area contributed by atoms with E-state index >= 15 is 0 Å². The summed E-state index contributed by atoms with van der Waals surface area (Å²) in [6.45, 7) is 1.36. The molecule has 2 unspecified atom stereocenters. The molecular weight excluding hydrogens is 242 g/mol. The minimum Gasteiger partial charge on any atom is -0.368 e. The van der Waals surface area contributed by atoms with E-state index in [1.807, 2.05) is 0 Å². The van der Waals surface area contributed by atoms with Gasteiger partial charge in [-0.15, -0.1) is 0 Å². The lowest BCUT2D eigenvalue weighted by atomic mass is 9.84. The Hall–Kier alpha value is -1.47. The molecule has 106 valence electrons. The Morgan fingerprint density at radius 1 is 1.11 bits per heavy atom. The molecule has 2 rings (SSSR count). The largest absolute Gasteiger partial charge is 0.368 e. The molecular formula is C12H23N7. The van der Waals surface area contributed by atoms with Gasteiger partial charge in [0, 0.05) is 6.04 Å². The summed E-state index contributed by atoms with van der Waals surface area (Å²) in [5.41, 5.74) is 17.0. The van der Waals surface area contributed by atoms with Crippen molar-refractivity contribution >= 4 is 11.9 Å². The van der Waals surface area contributed by atoms with Gasteiger partial charge in [0.15, 0.2) is 0 Å². The van der Waals surface area contributed by atoms with Crippen LogP contribution in [0.25, 0.3) is 0 Å². The maximum absolute atomic E-state index is 5.87. The van der Waals surface area contributed by atoms with Gasteiger partial charge in [0.05, 0.1) is 6.54 Å². The maximum Gasteiger partial charge on any atom is 0.225 e. The van der Waals surface area contributed by atoms with Crippen molar-refractivity contribution in [3.63, 3.8) is 0 Å². The van der Waals surface area contributed by atoms with Crippen LogP contribution < -0.4 is 17.2 Å². The average Bonchev–Trinajstić information content (AvgIpc) is 2.37. The Morgan fingerprint density at radius 3 is 2.37 bits per heavy atom. The van der Waals surface area contributed by atoms with Crippen LogP contribution in [0.2, 0.25) is 0 Å². The highest BCUT2D eigenvalue weighted by molar-refractivity contribution is 5.25. The van der Waals surface area contributed by atoms with E-state index in [-0.39, 0.29) is 11.9 Å². The van der Waals surface area contributed by atoms with Gasteiger partial charge >= 0.3 is 0 Å². The fourth-order valence-electron chi connectivity index (χ4n) is 2.91. The summed E-state index contributed by atoms with van der Waals surface area (Å²) in [4.78, 5) is 14.3. The van der Waals surface area contributed by atoms with Crippen LogP contribution in [-0.2, 0) is 6.54 Å². The SMILES string of the molecule is CN(Cc1nc(N)nc(N)n1)C1CCCCC1CN. The third-order valence-corrected chi connectivity index (χ3v) is 3.84. The van der Waals surface area contributed by atoms with Crippen molar-refractivity contribution < 1.29 is 0 Å². The number of rotatable bonds is 4. The third-order valence-electron chi connectivity index (χ3n) is 3.84. The molecule has 1 aliphatic carbocycles. The number of anilines is 2. The molecule has 0 saturated heterocycles. The zero-order valence-electron chi connectivity index (χ0n) is 11.4. The van der Waals surface area contributed by atoms with E-state index in [1.54, 1.807) is 0 Å². The first-order valence-corrected chi connectivity index (χ1v) is 6.76. The Kier molecular flexibility index (Phi) is 4.49. The lowest BCUT2D eigenvalue weighted by molar-refractivity contribution is 0.125. The van der Waals surface area contributed by atoms with Crippen molar-refractivity contribution in [2.24, 2.45) is 11.7 Å². The van der Waals surface area contributed by atoms with Gasteiger partial charge in [-0.1, -0.05) is 12.8 Å². The molecule has 19 heavy (non-hydrogen) atoms. The molecule has 0 spiro atoms. The summed E-state index contributed by atoms with van der Waals surface area (Å²) >= 11 is 0. The van der Waals surface area contributed by atoms with Crippen molar-refractivity contribution in [1.29, 1.82) is 0 Å². The highest BCUT2D eigenvalue weighted by atomic mass is 15.2. The lowest BCUT2D eigenvalue weighted by Crippen LogP contribution is -2.43. The quantitative estimate of drug-likeness (QED) is 0.700. The summed E-state index contributed by atoms with van der Waals surface area (Å²) in [6, 6.07) is 0.484. The lowest BCUT2D eigenvalue weighted by Gasteiger charge is -2.37. The second-order valence-electron chi connectivity index (χ2n) is 5.23. The molecule has 6 N–H and O–H groups in total. The van der Waals surface area contributed by atoms with Crippen LogP contribution in [0, 0.1) is 5.92 Å². The van der Waals surface area contributed by atoms with Gasteiger partial charge in [0.25, 0.3) is 0 Å². The predicted molar refractivity (Wildman–Crippen MR) is 74.9 cm³/mol. The van der Waals surface area contributed by atoms with E-state index in [9.17, 15) is 0 Å². The van der Waals surface area contributed by atoms with Crippen molar-refractivity contribution in [3.8, 4) is 0 Å². The van der Waals surface area contributed by atoms with E-state index in [0.29, 0.717) is 24.3 Å². The van der Waals surface area contributed by atoms with E-state index < -0.39 is 0 Å². The van der Waals surface area contributed by atoms with Gasteiger partial charge in [-0.3, -0.25) is 4.90 Å². The Balaban J connectivity index is 2.04. The Bertz CT molecular complexity index is 402. The second-order valence-corrected chi connectivity index (χ2v) is 5.23. The molecule has 2 atom stereocenters. The molecule has 0 bridgehead atoms. The van der Waals surface area contributed by atoms with Crippen LogP contribution in [0.15, 0.2) is 0 Å². The number of nitrogens with zero attached hydrogens (tertiary/aromatic N) is 4. The van der Waals surface area contributed by atoms with Crippen molar-refractivity contribution in [2.75, 3.05) is 25.1 Å². The smallest absolute Gasteiger partial charge is 0.225 e. The van der Waals surface area contributed by atoms with Crippen LogP contribution in [0.5, 0.6) is 0 Å². The second kappa shape index (κ2) is 6.12. The van der Waals surface area contributed by atoms with Gasteiger partial charge in [0.1, 0.15) is 5.82 Å². The Labute approximate surface area is 113 Å². The predicted octanol–water partition coefficient (Wildman–Crippen LogP) is -0.0147. The van der Waals surface area contributed by atoms with E-state index in [1.165, 1.54) is 25.7 Å². The van der Waals surface area contributed by atoms with Gasteiger partial charge in [-0.25, -0.2) is 0 Å². The van der Waals surface area contributed by atoms with Gasteiger partial charge in [-0.05, 0) is 32.4 Å². The fourth-order valence-corrected chi connectivity index (χ4v) is 2.91. The molecule has 1 aliphatic rings. The standard InChI is InChI=1S/C12H23N7/c1-19(9-5-3-2-4-8(9)6-13)7-10-16-11(14)18-12(15)17-10/h8-9H,2-7,13H2,1H3,(H4,14,15,16,17,18). The molecule has 0 radical (unpaired) electrons. The summed E-state index contributed by atoms with van der Waals surface area (Å²) in [5, 5.41) is 0. The van der Waals surface area contributed by atoms with Crippen LogP contribution in [0.4, 0.5) is 11.9 Å². The van der Waals surface area contributed by atoms with E-state index in [2.05, 4.69) is 26.9 Å². The van der Waals surface area contributed by atoms with Crippen molar-refractivity contribution in [1.82, 2.24) is 19.9 Å². The van der Waals surface area contributed by atoms with Gasteiger partial charge < -0.3 is 17.2 Å². The van der Waals surface area contributed by atoms with E-state index in [0.717, 1.165) is 6.54 Å². The fraction of sp³-hybridized carbons (Fsp3) is 0.750. The van der Waals surface area contributed by atoms with Crippen molar-refractivity contribution in [2.45, 2.75) is 38.3 Å². The monoisotopic (exact) mass is 265 g/mol. The topological polar surface area (TPSA) is 120 Å². The van der Waals surface area contributed by atoms with Gasteiger partial charge in [0.2, 0.25) is 11.9 Å². The number of hydrogen-bond acceptors (Lipinski definition) is 7. The van der Waals surface area contributed by atoms with Crippen LogP contribution in [0.1, 0.15) is 31.5 Å². The van der Waals surface area contributed by atoms with Crippen molar-refractivity contribution in [3.05, 3.63) is 5.82 Å². The third kappa shape index (κ3) is 3.51. The first-order valence-electron chi connectivity index (χ1n) is 6.76. The number of nitrogen functional groups attached to an aromatic ring is 2. The first kappa shape index (κ1) is 14.0. The Morgan fingerprint density at radius 2 is 1.74 bits per heavy atom. The zero-order valence-corrected chi connectivity index (χ0v) is 11.4. The molecule has 0 aliphatic heterocycles. The maximum atomic E-state index is 5.87. The molecule has 1 fully saturated rings. The molecule has 1 aromatic rings. The van der Waals surface area contributed by atoms with E-state index in [4.69, 9.17) is 17.2 Å². The van der Waals surface area contributed by atoms with Crippen LogP contribution >= 0.6 is 0 Å². The molecule has 1 aromatic heterocycles. The minimum absolute atomic E-state index is 0.176. The average molecular weight is 265 g/mol. The molecule has 1 heterocycles. The minimum atomic E-state index is 0.176. The molecule has 7 nitrogen and oxygen atoms in total. The number of nitrogens with two attached hydrogens (primary N) is 3. The summed E-state index contributed by atoms with van der Waals surface area (Å²) < 4.78 is 0. The highest BCUT2D eigenvalue weighted by Crippen LogP contribution is 2.27. The molecule has 0 amide bonds. The molecule has 1 saturated carbocycles. The summed E-state index contributed by atoms with van der Waals surface area (Å²) in [6.07, 6.45) is 4.91. The van der Waals surface area contributed by atoms with Crippen LogP contribution in [0.3, 0.4) is 0 Å². The number of aromatic nitrogens is 3. The zero-order chi connectivity index (χ0) is 13.8. The molecule has 0 aromatic carbocycles. The summed E-state index contributed by atoms with van der Waals surface area (Å²) in [7, 11) is 2.08. The van der Waals surface area contributed by atoms with Gasteiger partial charge in [-0.2, -0.15) is 15.0 Å². The summed E-state index contributed by atoms with van der Waals surface area (Å²) in [5.74, 6) is 1.52. The first-order chi connectivity index (χ1) is 9.10. The molecule has 7 heteroatoms. The van der Waals surface area contributed by atoms with Crippen LogP contribution in [-0.4, -0.2) is 39.5 Å². The highest BCUT2D eigenvalue weighted by Gasteiger charge is 2.27. The normalized spacial score (nSPS) is 23.7.